The Kier molecular flexibility index (Phi) is 6.91. The SMILES string of the molecule is CC(C)N(CCNCCc1ccncc1)C(C)C. The van der Waals surface area contributed by atoms with Crippen LogP contribution in [0.25, 0.3) is 0 Å². The average Bonchev–Trinajstić information content (AvgIpc) is 2.34. The van der Waals surface area contributed by atoms with Crippen molar-refractivity contribution in [1.82, 2.24) is 15.2 Å². The van der Waals surface area contributed by atoms with Gasteiger partial charge >= 0.3 is 0 Å². The molecule has 0 amide bonds. The molecule has 1 N–H and O–H groups in total. The first-order chi connectivity index (χ1) is 8.61. The fraction of sp³-hybridized carbons (Fsp3) is 0.667. The number of hydrogen-bond donors (Lipinski definition) is 1. The Morgan fingerprint density at radius 3 is 2.22 bits per heavy atom. The van der Waals surface area contributed by atoms with Crippen LogP contribution >= 0.6 is 0 Å². The van der Waals surface area contributed by atoms with Crippen LogP contribution in [-0.4, -0.2) is 41.6 Å². The smallest absolute Gasteiger partial charge is 0.0270 e. The third kappa shape index (κ3) is 5.61. The Balaban J connectivity index is 2.15. The lowest BCUT2D eigenvalue weighted by Gasteiger charge is -2.30. The Morgan fingerprint density at radius 2 is 1.67 bits per heavy atom. The van der Waals surface area contributed by atoms with Crippen LogP contribution in [0.4, 0.5) is 0 Å². The van der Waals surface area contributed by atoms with E-state index in [9.17, 15) is 0 Å². The molecule has 1 aromatic rings. The number of nitrogens with zero attached hydrogens (tertiary/aromatic N) is 2. The van der Waals surface area contributed by atoms with Crippen molar-refractivity contribution in [3.63, 3.8) is 0 Å². The van der Waals surface area contributed by atoms with Crippen LogP contribution in [0, 0.1) is 0 Å². The van der Waals surface area contributed by atoms with Gasteiger partial charge in [-0.05, 0) is 58.4 Å². The monoisotopic (exact) mass is 249 g/mol. The van der Waals surface area contributed by atoms with Crippen molar-refractivity contribution >= 4 is 0 Å². The van der Waals surface area contributed by atoms with Gasteiger partial charge in [-0.3, -0.25) is 9.88 Å². The fourth-order valence-corrected chi connectivity index (χ4v) is 2.23. The zero-order valence-electron chi connectivity index (χ0n) is 12.2. The number of aromatic nitrogens is 1. The predicted molar refractivity (Wildman–Crippen MR) is 77.8 cm³/mol. The molecule has 3 heteroatoms. The first-order valence-electron chi connectivity index (χ1n) is 6.96. The molecule has 0 spiro atoms. The zero-order chi connectivity index (χ0) is 13.4. The minimum absolute atomic E-state index is 0.618. The van der Waals surface area contributed by atoms with E-state index in [1.807, 2.05) is 12.4 Å². The Morgan fingerprint density at radius 1 is 1.06 bits per heavy atom. The second-order valence-corrected chi connectivity index (χ2v) is 5.28. The van der Waals surface area contributed by atoms with Gasteiger partial charge in [-0.1, -0.05) is 0 Å². The standard InChI is InChI=1S/C15H27N3/c1-13(2)18(14(3)4)12-11-17-10-7-15-5-8-16-9-6-15/h5-6,8-9,13-14,17H,7,10-12H2,1-4H3. The summed E-state index contributed by atoms with van der Waals surface area (Å²) >= 11 is 0. The van der Waals surface area contributed by atoms with Crippen molar-refractivity contribution in [3.05, 3.63) is 30.1 Å². The van der Waals surface area contributed by atoms with E-state index in [-0.39, 0.29) is 0 Å². The summed E-state index contributed by atoms with van der Waals surface area (Å²) in [6.45, 7) is 12.3. The van der Waals surface area contributed by atoms with Crippen LogP contribution in [0.5, 0.6) is 0 Å². The topological polar surface area (TPSA) is 28.2 Å². The normalized spacial score (nSPS) is 11.7. The van der Waals surface area contributed by atoms with Crippen molar-refractivity contribution in [2.45, 2.75) is 46.2 Å². The highest BCUT2D eigenvalue weighted by molar-refractivity contribution is 5.09. The Labute approximate surface area is 112 Å². The second-order valence-electron chi connectivity index (χ2n) is 5.28. The summed E-state index contributed by atoms with van der Waals surface area (Å²) in [4.78, 5) is 6.54. The average molecular weight is 249 g/mol. The lowest BCUT2D eigenvalue weighted by molar-refractivity contribution is 0.176. The van der Waals surface area contributed by atoms with Crippen molar-refractivity contribution in [1.29, 1.82) is 0 Å². The van der Waals surface area contributed by atoms with Gasteiger partial charge in [-0.2, -0.15) is 0 Å². The lowest BCUT2D eigenvalue weighted by Crippen LogP contribution is -2.41. The van der Waals surface area contributed by atoms with Gasteiger partial charge in [0.05, 0.1) is 0 Å². The molecule has 1 rings (SSSR count). The molecule has 0 aliphatic rings. The molecule has 1 heterocycles. The maximum absolute atomic E-state index is 4.02. The largest absolute Gasteiger partial charge is 0.315 e. The Bertz CT molecular complexity index is 301. The minimum Gasteiger partial charge on any atom is -0.315 e. The van der Waals surface area contributed by atoms with Crippen LogP contribution in [0.2, 0.25) is 0 Å². The number of hydrogen-bond acceptors (Lipinski definition) is 3. The van der Waals surface area contributed by atoms with Gasteiger partial charge in [-0.25, -0.2) is 0 Å². The first kappa shape index (κ1) is 15.1. The van der Waals surface area contributed by atoms with E-state index in [1.54, 1.807) is 0 Å². The quantitative estimate of drug-likeness (QED) is 0.717. The van der Waals surface area contributed by atoms with E-state index in [0.717, 1.165) is 26.1 Å². The number of rotatable bonds is 8. The van der Waals surface area contributed by atoms with Crippen molar-refractivity contribution in [2.24, 2.45) is 0 Å². The summed E-state index contributed by atoms with van der Waals surface area (Å²) in [7, 11) is 0. The summed E-state index contributed by atoms with van der Waals surface area (Å²) in [5.41, 5.74) is 1.35. The van der Waals surface area contributed by atoms with Crippen LogP contribution in [0.1, 0.15) is 33.3 Å². The zero-order valence-corrected chi connectivity index (χ0v) is 12.2. The van der Waals surface area contributed by atoms with Crippen molar-refractivity contribution < 1.29 is 0 Å². The van der Waals surface area contributed by atoms with E-state index in [2.05, 4.69) is 55.0 Å². The first-order valence-corrected chi connectivity index (χ1v) is 6.96. The molecule has 0 radical (unpaired) electrons. The maximum Gasteiger partial charge on any atom is 0.0270 e. The molecule has 0 saturated carbocycles. The fourth-order valence-electron chi connectivity index (χ4n) is 2.23. The van der Waals surface area contributed by atoms with Gasteiger partial charge < -0.3 is 5.32 Å². The summed E-state index contributed by atoms with van der Waals surface area (Å²) in [6, 6.07) is 5.39. The molecule has 3 nitrogen and oxygen atoms in total. The third-order valence-corrected chi connectivity index (χ3v) is 3.21. The summed E-state index contributed by atoms with van der Waals surface area (Å²) in [6.07, 6.45) is 4.79. The molecule has 0 aliphatic carbocycles. The predicted octanol–water partition coefficient (Wildman–Crippen LogP) is 2.33. The molecule has 1 aromatic heterocycles. The van der Waals surface area contributed by atoms with Gasteiger partial charge in [-0.15, -0.1) is 0 Å². The van der Waals surface area contributed by atoms with E-state index < -0.39 is 0 Å². The maximum atomic E-state index is 4.02. The third-order valence-electron chi connectivity index (χ3n) is 3.21. The van der Waals surface area contributed by atoms with Gasteiger partial charge in [0.1, 0.15) is 0 Å². The highest BCUT2D eigenvalue weighted by Crippen LogP contribution is 2.03. The molecule has 0 bridgehead atoms. The summed E-state index contributed by atoms with van der Waals surface area (Å²) in [5, 5.41) is 3.51. The van der Waals surface area contributed by atoms with Crippen molar-refractivity contribution in [3.8, 4) is 0 Å². The minimum atomic E-state index is 0.618. The van der Waals surface area contributed by atoms with Crippen LogP contribution in [0.15, 0.2) is 24.5 Å². The number of nitrogens with one attached hydrogen (secondary N) is 1. The summed E-state index contributed by atoms with van der Waals surface area (Å²) in [5.74, 6) is 0. The van der Waals surface area contributed by atoms with Gasteiger partial charge in [0.25, 0.3) is 0 Å². The second kappa shape index (κ2) is 8.22. The molecule has 0 aromatic carbocycles. The molecule has 102 valence electrons. The van der Waals surface area contributed by atoms with E-state index in [4.69, 9.17) is 0 Å². The highest BCUT2D eigenvalue weighted by Gasteiger charge is 2.11. The lowest BCUT2D eigenvalue weighted by atomic mass is 10.2. The molecule has 0 atom stereocenters. The summed E-state index contributed by atoms with van der Waals surface area (Å²) < 4.78 is 0. The van der Waals surface area contributed by atoms with Crippen LogP contribution in [-0.2, 0) is 6.42 Å². The van der Waals surface area contributed by atoms with E-state index in [1.165, 1.54) is 5.56 Å². The van der Waals surface area contributed by atoms with Crippen LogP contribution < -0.4 is 5.32 Å². The molecular weight excluding hydrogens is 222 g/mol. The van der Waals surface area contributed by atoms with E-state index in [0.29, 0.717) is 12.1 Å². The Hall–Kier alpha value is -0.930. The van der Waals surface area contributed by atoms with E-state index >= 15 is 0 Å². The highest BCUT2D eigenvalue weighted by atomic mass is 15.2. The van der Waals surface area contributed by atoms with Gasteiger partial charge in [0.2, 0.25) is 0 Å². The molecular formula is C15H27N3. The van der Waals surface area contributed by atoms with Crippen molar-refractivity contribution in [2.75, 3.05) is 19.6 Å². The molecule has 0 unspecified atom stereocenters. The molecule has 0 fully saturated rings. The molecule has 0 aliphatic heterocycles. The van der Waals surface area contributed by atoms with Crippen LogP contribution in [0.3, 0.4) is 0 Å². The molecule has 18 heavy (non-hydrogen) atoms. The number of pyridine rings is 1. The van der Waals surface area contributed by atoms with Gasteiger partial charge in [0.15, 0.2) is 0 Å². The molecule has 0 saturated heterocycles. The van der Waals surface area contributed by atoms with Gasteiger partial charge in [0, 0.05) is 37.6 Å².